The van der Waals surface area contributed by atoms with Gasteiger partial charge in [0, 0.05) is 0 Å². The number of nitrogens with zero attached hydrogens (tertiary/aromatic N) is 6. The standard InChI is InChI=1S/C2H2N2O.CH2N4.CH5N3.H2N2O2/c2*1-2-4-5-3-1;2-1(3)4;1-2(3)4/h1-2H;1H,(H,2,3,4,5);(H5,2,3,4);1H2. The molecular formula is C4H11N11O3. The lowest BCUT2D eigenvalue weighted by atomic mass is 11.0. The zero-order valence-corrected chi connectivity index (χ0v) is 8.87. The van der Waals surface area contributed by atoms with Crippen molar-refractivity contribution in [2.24, 2.45) is 17.3 Å². The average molecular weight is 261 g/mol. The van der Waals surface area contributed by atoms with E-state index in [4.69, 9.17) is 15.5 Å². The number of rotatable bonds is 0. The summed E-state index contributed by atoms with van der Waals surface area (Å²) in [6, 6.07) is 0. The number of nitrogens with one attached hydrogen (secondary N) is 2. The molecule has 100 valence electrons. The van der Waals surface area contributed by atoms with E-state index < -0.39 is 5.03 Å². The van der Waals surface area contributed by atoms with Crippen molar-refractivity contribution in [3.8, 4) is 0 Å². The summed E-state index contributed by atoms with van der Waals surface area (Å²) in [5.41, 5.74) is 8.94. The van der Waals surface area contributed by atoms with Gasteiger partial charge in [0.1, 0.15) is 0 Å². The Morgan fingerprint density at radius 2 is 1.83 bits per heavy atom. The monoisotopic (exact) mass is 261 g/mol. The van der Waals surface area contributed by atoms with Gasteiger partial charge in [-0.2, -0.15) is 11.1 Å². The lowest BCUT2D eigenvalue weighted by Gasteiger charge is -1.69. The van der Waals surface area contributed by atoms with Crippen molar-refractivity contribution in [3.63, 3.8) is 0 Å². The topological polar surface area (TPSA) is 238 Å². The molecule has 2 aromatic rings. The Bertz CT molecular complexity index is 290. The van der Waals surface area contributed by atoms with Gasteiger partial charge in [-0.15, -0.1) is 10.2 Å². The maximum absolute atomic E-state index is 8.58. The molecule has 0 radical (unpaired) electrons. The van der Waals surface area contributed by atoms with Crippen molar-refractivity contribution in [2.75, 3.05) is 0 Å². The normalized spacial score (nSPS) is 7.11. The highest BCUT2D eigenvalue weighted by atomic mass is 16.7. The van der Waals surface area contributed by atoms with E-state index in [1.54, 1.807) is 0 Å². The molecule has 8 N–H and O–H groups in total. The molecule has 14 heteroatoms. The minimum atomic E-state index is -1.00. The number of hydrogen-bond donors (Lipinski definition) is 5. The molecule has 0 aliphatic carbocycles. The lowest BCUT2D eigenvalue weighted by molar-refractivity contribution is -0.491. The van der Waals surface area contributed by atoms with Crippen LogP contribution in [0, 0.1) is 15.5 Å². The molecule has 2 heterocycles. The Kier molecular flexibility index (Phi) is 13.0. The Labute approximate surface area is 99.1 Å². The SMILES string of the molecule is N=C(N)N.N[N+](=O)[O-].c1cnon1.c1nn[nH]n1. The van der Waals surface area contributed by atoms with Gasteiger partial charge < -0.3 is 11.5 Å². The molecule has 0 aliphatic rings. The van der Waals surface area contributed by atoms with Crippen LogP contribution < -0.4 is 17.3 Å². The predicted molar refractivity (Wildman–Crippen MR) is 55.8 cm³/mol. The Balaban J connectivity index is 0. The van der Waals surface area contributed by atoms with Crippen LogP contribution in [0.2, 0.25) is 0 Å². The summed E-state index contributed by atoms with van der Waals surface area (Å²) >= 11 is 0. The first kappa shape index (κ1) is 17.1. The highest BCUT2D eigenvalue weighted by molar-refractivity contribution is 5.71. The second-order valence-electron chi connectivity index (χ2n) is 1.89. The summed E-state index contributed by atoms with van der Waals surface area (Å²) in [4.78, 5) is 8.58. The summed E-state index contributed by atoms with van der Waals surface area (Å²) in [6.45, 7) is 0. The van der Waals surface area contributed by atoms with Gasteiger partial charge in [0.05, 0.1) is 12.4 Å². The molecule has 2 rings (SSSR count). The largest absolute Gasteiger partial charge is 0.370 e. The number of tetrazole rings is 1. The van der Waals surface area contributed by atoms with Crippen molar-refractivity contribution in [1.82, 2.24) is 30.9 Å². The molecule has 0 unspecified atom stereocenters. The third-order valence-corrected chi connectivity index (χ3v) is 0.552. The maximum atomic E-state index is 8.58. The molecule has 0 atom stereocenters. The number of nitro groups is 1. The van der Waals surface area contributed by atoms with Crippen LogP contribution in [0.4, 0.5) is 0 Å². The molecule has 0 spiro atoms. The Morgan fingerprint density at radius 3 is 1.94 bits per heavy atom. The number of nitrogens with two attached hydrogens (primary N) is 3. The quantitative estimate of drug-likeness (QED) is 0.107. The van der Waals surface area contributed by atoms with Crippen LogP contribution in [0.1, 0.15) is 0 Å². The first-order valence-corrected chi connectivity index (χ1v) is 3.83. The lowest BCUT2D eigenvalue weighted by Crippen LogP contribution is -2.20. The van der Waals surface area contributed by atoms with Crippen LogP contribution in [0.25, 0.3) is 0 Å². The summed E-state index contributed by atoms with van der Waals surface area (Å²) in [5, 5.41) is 32.3. The van der Waals surface area contributed by atoms with Crippen molar-refractivity contribution in [2.45, 2.75) is 0 Å². The molecule has 0 saturated carbocycles. The van der Waals surface area contributed by atoms with Crippen LogP contribution in [-0.2, 0) is 0 Å². The zero-order chi connectivity index (χ0) is 14.2. The molecule has 0 fully saturated rings. The van der Waals surface area contributed by atoms with E-state index in [2.05, 4.69) is 52.9 Å². The van der Waals surface area contributed by atoms with Crippen molar-refractivity contribution in [3.05, 3.63) is 28.8 Å². The summed E-state index contributed by atoms with van der Waals surface area (Å²) in [7, 11) is 0. The van der Waals surface area contributed by atoms with Crippen molar-refractivity contribution in [1.29, 1.82) is 5.41 Å². The molecule has 0 bridgehead atoms. The zero-order valence-electron chi connectivity index (χ0n) is 8.87. The van der Waals surface area contributed by atoms with Gasteiger partial charge in [0.2, 0.25) is 0 Å². The summed E-state index contributed by atoms with van der Waals surface area (Å²) < 4.78 is 4.08. The average Bonchev–Trinajstić information content (AvgIpc) is 2.96. The van der Waals surface area contributed by atoms with E-state index in [0.29, 0.717) is 0 Å². The van der Waals surface area contributed by atoms with Crippen LogP contribution in [-0.4, -0.2) is 41.9 Å². The summed E-state index contributed by atoms with van der Waals surface area (Å²) in [5.74, 6) is 3.50. The molecular weight excluding hydrogens is 250 g/mol. The smallest absolute Gasteiger partial charge is 0.183 e. The minimum Gasteiger partial charge on any atom is -0.370 e. The number of hydrazine groups is 1. The molecule has 0 aliphatic heterocycles. The van der Waals surface area contributed by atoms with E-state index in [1.165, 1.54) is 18.7 Å². The van der Waals surface area contributed by atoms with Gasteiger partial charge >= 0.3 is 0 Å². The van der Waals surface area contributed by atoms with Crippen molar-refractivity contribution < 1.29 is 9.66 Å². The van der Waals surface area contributed by atoms with E-state index in [1.807, 2.05) is 0 Å². The number of aromatic nitrogens is 6. The molecule has 18 heavy (non-hydrogen) atoms. The predicted octanol–water partition coefficient (Wildman–Crippen LogP) is -2.76. The maximum Gasteiger partial charge on any atom is 0.183 e. The van der Waals surface area contributed by atoms with Crippen LogP contribution in [0.15, 0.2) is 23.4 Å². The number of aromatic amines is 1. The molecule has 2 aromatic heterocycles. The first-order chi connectivity index (χ1) is 8.46. The van der Waals surface area contributed by atoms with Gasteiger partial charge in [-0.05, 0) is 0 Å². The van der Waals surface area contributed by atoms with E-state index in [9.17, 15) is 0 Å². The molecule has 14 nitrogen and oxygen atoms in total. The fraction of sp³-hybridized carbons (Fsp3) is 0. The van der Waals surface area contributed by atoms with Gasteiger partial charge in [0.25, 0.3) is 0 Å². The highest BCUT2D eigenvalue weighted by Crippen LogP contribution is 1.62. The van der Waals surface area contributed by atoms with Crippen LogP contribution in [0.3, 0.4) is 0 Å². The van der Waals surface area contributed by atoms with E-state index in [-0.39, 0.29) is 5.96 Å². The van der Waals surface area contributed by atoms with Crippen LogP contribution in [0.5, 0.6) is 0 Å². The van der Waals surface area contributed by atoms with Gasteiger partial charge in [0.15, 0.2) is 17.3 Å². The highest BCUT2D eigenvalue weighted by Gasteiger charge is 1.61. The summed E-state index contributed by atoms with van der Waals surface area (Å²) in [6.07, 6.45) is 4.28. The number of hydrogen-bond acceptors (Lipinski definition) is 9. The third kappa shape index (κ3) is 38.8. The molecule has 0 aromatic carbocycles. The Morgan fingerprint density at radius 1 is 1.39 bits per heavy atom. The molecule has 0 amide bonds. The minimum absolute atomic E-state index is 0.333. The fourth-order valence-corrected chi connectivity index (χ4v) is 0.265. The van der Waals surface area contributed by atoms with E-state index >= 15 is 0 Å². The van der Waals surface area contributed by atoms with Gasteiger partial charge in [-0.25, -0.2) is 14.7 Å². The van der Waals surface area contributed by atoms with Gasteiger partial charge in [-0.3, -0.25) is 5.41 Å². The second kappa shape index (κ2) is 13.7. The third-order valence-electron chi connectivity index (χ3n) is 0.552. The second-order valence-corrected chi connectivity index (χ2v) is 1.89. The van der Waals surface area contributed by atoms with E-state index in [0.717, 1.165) is 0 Å². The molecule has 0 saturated heterocycles. The van der Waals surface area contributed by atoms with Crippen molar-refractivity contribution >= 4 is 5.96 Å². The van der Waals surface area contributed by atoms with Crippen LogP contribution >= 0.6 is 0 Å². The number of guanidine groups is 1. The number of H-pyrrole nitrogens is 1. The van der Waals surface area contributed by atoms with Gasteiger partial charge in [-0.1, -0.05) is 15.5 Å². The first-order valence-electron chi connectivity index (χ1n) is 3.83. The Hall–Kier alpha value is -3.32. The fourth-order valence-electron chi connectivity index (χ4n) is 0.265.